The SMILES string of the molecule is CC1(C)OB(c2c3c(cc(-c4ccccc4)c2-c2ccccc2)-c2ccccc2C3)OC1(C)C. The van der Waals surface area contributed by atoms with Crippen molar-refractivity contribution in [2.45, 2.75) is 45.3 Å². The van der Waals surface area contributed by atoms with Gasteiger partial charge in [0.05, 0.1) is 11.2 Å². The molecule has 34 heavy (non-hydrogen) atoms. The Morgan fingerprint density at radius 2 is 1.18 bits per heavy atom. The highest BCUT2D eigenvalue weighted by Crippen LogP contribution is 2.45. The molecule has 0 bridgehead atoms. The van der Waals surface area contributed by atoms with E-state index in [0.29, 0.717) is 0 Å². The van der Waals surface area contributed by atoms with E-state index >= 15 is 0 Å². The standard InChI is InChI=1S/C31H29BO2/c1-30(2)31(3,4)34-32(33-30)29-27-19-23-17-11-12-18-24(23)26(27)20-25(21-13-7-5-8-14-21)28(29)22-15-9-6-10-16-22/h5-18,20H,19H2,1-4H3. The minimum Gasteiger partial charge on any atom is -0.399 e. The second-order valence-corrected chi connectivity index (χ2v) is 10.4. The number of hydrogen-bond donors (Lipinski definition) is 0. The normalized spacial score (nSPS) is 17.5. The molecular weight excluding hydrogens is 415 g/mol. The maximum atomic E-state index is 6.71. The van der Waals surface area contributed by atoms with E-state index in [1.807, 2.05) is 0 Å². The van der Waals surface area contributed by atoms with E-state index in [9.17, 15) is 0 Å². The molecule has 0 radical (unpaired) electrons. The van der Waals surface area contributed by atoms with Gasteiger partial charge in [0.25, 0.3) is 0 Å². The van der Waals surface area contributed by atoms with Gasteiger partial charge < -0.3 is 9.31 Å². The van der Waals surface area contributed by atoms with E-state index in [0.717, 1.165) is 11.9 Å². The molecule has 4 aromatic carbocycles. The van der Waals surface area contributed by atoms with E-state index in [2.05, 4.69) is 119 Å². The Balaban J connectivity index is 1.70. The van der Waals surface area contributed by atoms with Gasteiger partial charge in [-0.1, -0.05) is 84.9 Å². The van der Waals surface area contributed by atoms with Gasteiger partial charge in [-0.2, -0.15) is 0 Å². The molecule has 0 saturated carbocycles. The lowest BCUT2D eigenvalue weighted by Crippen LogP contribution is -2.41. The molecule has 0 unspecified atom stereocenters. The predicted octanol–water partition coefficient (Wildman–Crippen LogP) is 6.89. The fourth-order valence-electron chi connectivity index (χ4n) is 5.29. The summed E-state index contributed by atoms with van der Waals surface area (Å²) in [6, 6.07) is 32.5. The van der Waals surface area contributed by atoms with Crippen LogP contribution in [0.2, 0.25) is 0 Å². The molecule has 0 N–H and O–H groups in total. The zero-order valence-electron chi connectivity index (χ0n) is 20.3. The van der Waals surface area contributed by atoms with Gasteiger partial charge >= 0.3 is 7.12 Å². The number of hydrogen-bond acceptors (Lipinski definition) is 2. The highest BCUT2D eigenvalue weighted by Gasteiger charge is 2.53. The van der Waals surface area contributed by atoms with Crippen LogP contribution in [0.15, 0.2) is 91.0 Å². The van der Waals surface area contributed by atoms with Crippen LogP contribution in [0.25, 0.3) is 33.4 Å². The summed E-state index contributed by atoms with van der Waals surface area (Å²) >= 11 is 0. The molecule has 0 spiro atoms. The van der Waals surface area contributed by atoms with Crippen molar-refractivity contribution >= 4 is 12.6 Å². The van der Waals surface area contributed by atoms with Crippen LogP contribution in [0.1, 0.15) is 38.8 Å². The Bertz CT molecular complexity index is 1360. The van der Waals surface area contributed by atoms with Crippen LogP contribution in [-0.4, -0.2) is 18.3 Å². The lowest BCUT2D eigenvalue weighted by atomic mass is 9.68. The van der Waals surface area contributed by atoms with Crippen molar-refractivity contribution in [3.8, 4) is 33.4 Å². The van der Waals surface area contributed by atoms with Crippen molar-refractivity contribution in [2.75, 3.05) is 0 Å². The maximum Gasteiger partial charge on any atom is 0.495 e. The van der Waals surface area contributed by atoms with Gasteiger partial charge in [-0.25, -0.2) is 0 Å². The first-order valence-corrected chi connectivity index (χ1v) is 12.1. The average Bonchev–Trinajstić information content (AvgIpc) is 3.31. The van der Waals surface area contributed by atoms with Gasteiger partial charge in [-0.05, 0) is 90.2 Å². The third kappa shape index (κ3) is 3.26. The lowest BCUT2D eigenvalue weighted by molar-refractivity contribution is 0.00578. The van der Waals surface area contributed by atoms with Crippen molar-refractivity contribution in [3.63, 3.8) is 0 Å². The Kier molecular flexibility index (Phi) is 4.84. The van der Waals surface area contributed by atoms with Crippen molar-refractivity contribution in [1.29, 1.82) is 0 Å². The minimum absolute atomic E-state index is 0.410. The van der Waals surface area contributed by atoms with Crippen molar-refractivity contribution in [3.05, 3.63) is 102 Å². The predicted molar refractivity (Wildman–Crippen MR) is 141 cm³/mol. The molecular formula is C31H29BO2. The second kappa shape index (κ2) is 7.70. The van der Waals surface area contributed by atoms with Crippen molar-refractivity contribution in [1.82, 2.24) is 0 Å². The highest BCUT2D eigenvalue weighted by molar-refractivity contribution is 6.65. The monoisotopic (exact) mass is 444 g/mol. The molecule has 0 amide bonds. The second-order valence-electron chi connectivity index (χ2n) is 10.4. The number of fused-ring (bicyclic) bond motifs is 3. The summed E-state index contributed by atoms with van der Waals surface area (Å²) in [5.74, 6) is 0. The summed E-state index contributed by atoms with van der Waals surface area (Å²) in [6.45, 7) is 8.52. The van der Waals surface area contributed by atoms with Crippen molar-refractivity contribution < 1.29 is 9.31 Å². The largest absolute Gasteiger partial charge is 0.495 e. The van der Waals surface area contributed by atoms with Gasteiger partial charge in [0.2, 0.25) is 0 Å². The third-order valence-corrected chi connectivity index (χ3v) is 7.79. The van der Waals surface area contributed by atoms with E-state index < -0.39 is 18.3 Å². The van der Waals surface area contributed by atoms with Gasteiger partial charge in [0.1, 0.15) is 0 Å². The van der Waals surface area contributed by atoms with E-state index in [1.54, 1.807) is 0 Å². The van der Waals surface area contributed by atoms with Crippen molar-refractivity contribution in [2.24, 2.45) is 0 Å². The fraction of sp³-hybridized carbons (Fsp3) is 0.226. The van der Waals surface area contributed by atoms with Crippen LogP contribution >= 0.6 is 0 Å². The molecule has 0 aromatic heterocycles. The summed E-state index contributed by atoms with van der Waals surface area (Å²) < 4.78 is 13.4. The van der Waals surface area contributed by atoms with E-state index in [-0.39, 0.29) is 0 Å². The first-order chi connectivity index (χ1) is 16.4. The first kappa shape index (κ1) is 21.4. The van der Waals surface area contributed by atoms with Crippen LogP contribution in [0.5, 0.6) is 0 Å². The molecule has 1 heterocycles. The molecule has 4 aromatic rings. The summed E-state index contributed by atoms with van der Waals surface area (Å²) in [5.41, 5.74) is 10.4. The zero-order valence-corrected chi connectivity index (χ0v) is 20.3. The average molecular weight is 444 g/mol. The van der Waals surface area contributed by atoms with Gasteiger partial charge in [0, 0.05) is 0 Å². The molecule has 2 nitrogen and oxygen atoms in total. The van der Waals surface area contributed by atoms with Crippen LogP contribution in [-0.2, 0) is 15.7 Å². The fourth-order valence-corrected chi connectivity index (χ4v) is 5.29. The Labute approximate surface area is 202 Å². The van der Waals surface area contributed by atoms with E-state index in [4.69, 9.17) is 9.31 Å². The zero-order chi connectivity index (χ0) is 23.5. The molecule has 6 rings (SSSR count). The van der Waals surface area contributed by atoms with Gasteiger partial charge in [0.15, 0.2) is 0 Å². The summed E-state index contributed by atoms with van der Waals surface area (Å²) in [5, 5.41) is 0. The smallest absolute Gasteiger partial charge is 0.399 e. The Morgan fingerprint density at radius 3 is 1.82 bits per heavy atom. The number of rotatable bonds is 3. The Morgan fingerprint density at radius 1 is 0.618 bits per heavy atom. The molecule has 1 aliphatic carbocycles. The summed E-state index contributed by atoms with van der Waals surface area (Å²) in [4.78, 5) is 0. The molecule has 168 valence electrons. The Hall–Kier alpha value is -3.14. The molecule has 1 fully saturated rings. The van der Waals surface area contributed by atoms with Crippen LogP contribution in [0.3, 0.4) is 0 Å². The molecule has 0 atom stereocenters. The minimum atomic E-state index is -0.438. The molecule has 1 saturated heterocycles. The summed E-state index contributed by atoms with van der Waals surface area (Å²) in [6.07, 6.45) is 0.889. The summed E-state index contributed by atoms with van der Waals surface area (Å²) in [7, 11) is -0.438. The third-order valence-electron chi connectivity index (χ3n) is 7.79. The quantitative estimate of drug-likeness (QED) is 0.282. The first-order valence-electron chi connectivity index (χ1n) is 12.1. The van der Waals surface area contributed by atoms with Crippen LogP contribution in [0.4, 0.5) is 0 Å². The lowest BCUT2D eigenvalue weighted by Gasteiger charge is -2.32. The highest BCUT2D eigenvalue weighted by atomic mass is 16.7. The molecule has 1 aliphatic heterocycles. The molecule has 2 aliphatic rings. The number of benzene rings is 4. The maximum absolute atomic E-state index is 6.71. The van der Waals surface area contributed by atoms with Crippen LogP contribution < -0.4 is 5.46 Å². The van der Waals surface area contributed by atoms with Crippen LogP contribution in [0, 0.1) is 0 Å². The topological polar surface area (TPSA) is 18.5 Å². The van der Waals surface area contributed by atoms with Gasteiger partial charge in [-0.3, -0.25) is 0 Å². The van der Waals surface area contributed by atoms with E-state index in [1.165, 1.54) is 44.5 Å². The molecule has 3 heteroatoms. The van der Waals surface area contributed by atoms with Gasteiger partial charge in [-0.15, -0.1) is 0 Å².